The Kier molecular flexibility index (Phi) is 9.32. The van der Waals surface area contributed by atoms with Crippen LogP contribution in [0.25, 0.3) is 0 Å². The van der Waals surface area contributed by atoms with E-state index >= 15 is 0 Å². The Labute approximate surface area is 158 Å². The zero-order chi connectivity index (χ0) is 18.6. The number of hydrogen-bond acceptors (Lipinski definition) is 4. The van der Waals surface area contributed by atoms with Crippen LogP contribution in [0, 0.1) is 5.92 Å². The monoisotopic (exact) mass is 362 g/mol. The molecular formula is C21H34N2O3. The van der Waals surface area contributed by atoms with Gasteiger partial charge in [0.05, 0.1) is 13.0 Å². The smallest absolute Gasteiger partial charge is 0.224 e. The van der Waals surface area contributed by atoms with Crippen LogP contribution in [0.3, 0.4) is 0 Å². The molecule has 0 spiro atoms. The van der Waals surface area contributed by atoms with E-state index in [1.54, 1.807) is 7.11 Å². The largest absolute Gasteiger partial charge is 0.493 e. The van der Waals surface area contributed by atoms with Crippen molar-refractivity contribution >= 4 is 5.91 Å². The Balaban J connectivity index is 1.68. The molecule has 1 atom stereocenters. The standard InChI is InChI=1S/C21H34N2O3/c1-3-4-5-8-13-22-21(24)18-10-9-14-23(17-18)15-16-26-20-12-7-6-11-19(20)25-2/h6-7,11-12,18H,3-5,8-10,13-17H2,1-2H3,(H,22,24). The number of benzene rings is 1. The molecule has 1 aromatic rings. The van der Waals surface area contributed by atoms with Crippen molar-refractivity contribution in [1.82, 2.24) is 10.2 Å². The molecule has 0 saturated carbocycles. The molecule has 1 saturated heterocycles. The average molecular weight is 363 g/mol. The summed E-state index contributed by atoms with van der Waals surface area (Å²) in [6.07, 6.45) is 6.82. The fourth-order valence-electron chi connectivity index (χ4n) is 3.40. The average Bonchev–Trinajstić information content (AvgIpc) is 2.68. The molecule has 1 aromatic carbocycles. The Bertz CT molecular complexity index is 536. The first kappa shape index (κ1) is 20.6. The van der Waals surface area contributed by atoms with Crippen LogP contribution < -0.4 is 14.8 Å². The molecule has 5 heteroatoms. The molecular weight excluding hydrogens is 328 g/mol. The molecule has 0 aliphatic carbocycles. The number of likely N-dealkylation sites (tertiary alicyclic amines) is 1. The summed E-state index contributed by atoms with van der Waals surface area (Å²) in [6.45, 7) is 6.31. The minimum atomic E-state index is 0.112. The number of unbranched alkanes of at least 4 members (excludes halogenated alkanes) is 3. The first-order valence-electron chi connectivity index (χ1n) is 10.0. The molecule has 0 bridgehead atoms. The minimum absolute atomic E-state index is 0.112. The van der Waals surface area contributed by atoms with Crippen LogP contribution in [0.5, 0.6) is 11.5 Å². The number of hydrogen-bond donors (Lipinski definition) is 1. The zero-order valence-electron chi connectivity index (χ0n) is 16.3. The fourth-order valence-corrected chi connectivity index (χ4v) is 3.40. The third-order valence-electron chi connectivity index (χ3n) is 4.94. The summed E-state index contributed by atoms with van der Waals surface area (Å²) >= 11 is 0. The van der Waals surface area contributed by atoms with Crippen molar-refractivity contribution in [3.8, 4) is 11.5 Å². The number of nitrogens with one attached hydrogen (secondary N) is 1. The van der Waals surface area contributed by atoms with Gasteiger partial charge in [-0.25, -0.2) is 0 Å². The molecule has 1 aliphatic heterocycles. The lowest BCUT2D eigenvalue weighted by molar-refractivity contribution is -0.126. The summed E-state index contributed by atoms with van der Waals surface area (Å²) in [5, 5.41) is 3.12. The number of rotatable bonds is 11. The molecule has 1 N–H and O–H groups in total. The molecule has 0 radical (unpaired) electrons. The lowest BCUT2D eigenvalue weighted by atomic mass is 9.97. The van der Waals surface area contributed by atoms with Crippen molar-refractivity contribution in [2.75, 3.05) is 39.9 Å². The first-order chi connectivity index (χ1) is 12.7. The predicted molar refractivity (Wildman–Crippen MR) is 105 cm³/mol. The van der Waals surface area contributed by atoms with E-state index in [-0.39, 0.29) is 11.8 Å². The van der Waals surface area contributed by atoms with E-state index < -0.39 is 0 Å². The van der Waals surface area contributed by atoms with Gasteiger partial charge in [-0.15, -0.1) is 0 Å². The SMILES string of the molecule is CCCCCCNC(=O)C1CCCN(CCOc2ccccc2OC)C1. The highest BCUT2D eigenvalue weighted by Gasteiger charge is 2.25. The number of methoxy groups -OCH3 is 1. The molecule has 2 rings (SSSR count). The topological polar surface area (TPSA) is 50.8 Å². The summed E-state index contributed by atoms with van der Waals surface area (Å²) in [5.74, 6) is 1.86. The summed E-state index contributed by atoms with van der Waals surface area (Å²) < 4.78 is 11.2. The van der Waals surface area contributed by atoms with Gasteiger partial charge < -0.3 is 14.8 Å². The molecule has 146 valence electrons. The normalized spacial score (nSPS) is 17.7. The van der Waals surface area contributed by atoms with E-state index in [0.717, 1.165) is 56.9 Å². The number of piperidine rings is 1. The molecule has 0 aromatic heterocycles. The van der Waals surface area contributed by atoms with Gasteiger partial charge in [-0.2, -0.15) is 0 Å². The second-order valence-corrected chi connectivity index (χ2v) is 6.99. The van der Waals surface area contributed by atoms with Crippen LogP contribution in [0.2, 0.25) is 0 Å². The third-order valence-corrected chi connectivity index (χ3v) is 4.94. The first-order valence-corrected chi connectivity index (χ1v) is 10.0. The molecule has 1 fully saturated rings. The number of ether oxygens (including phenoxy) is 2. The Morgan fingerprint density at radius 3 is 2.81 bits per heavy atom. The summed E-state index contributed by atoms with van der Waals surface area (Å²) in [4.78, 5) is 14.7. The van der Waals surface area contributed by atoms with Gasteiger partial charge in [0.2, 0.25) is 5.91 Å². The van der Waals surface area contributed by atoms with Gasteiger partial charge in [0.15, 0.2) is 11.5 Å². The van der Waals surface area contributed by atoms with Crippen molar-refractivity contribution in [2.45, 2.75) is 45.4 Å². The van der Waals surface area contributed by atoms with E-state index in [0.29, 0.717) is 6.61 Å². The van der Waals surface area contributed by atoms with Crippen molar-refractivity contribution < 1.29 is 14.3 Å². The molecule has 26 heavy (non-hydrogen) atoms. The van der Waals surface area contributed by atoms with E-state index in [2.05, 4.69) is 17.1 Å². The van der Waals surface area contributed by atoms with Crippen molar-refractivity contribution in [1.29, 1.82) is 0 Å². The maximum atomic E-state index is 12.4. The van der Waals surface area contributed by atoms with E-state index in [1.807, 2.05) is 24.3 Å². The molecule has 1 amide bonds. The minimum Gasteiger partial charge on any atom is -0.493 e. The second-order valence-electron chi connectivity index (χ2n) is 6.99. The van der Waals surface area contributed by atoms with Gasteiger partial charge in [-0.1, -0.05) is 38.3 Å². The van der Waals surface area contributed by atoms with Crippen molar-refractivity contribution in [3.05, 3.63) is 24.3 Å². The van der Waals surface area contributed by atoms with Crippen molar-refractivity contribution in [2.24, 2.45) is 5.92 Å². The molecule has 5 nitrogen and oxygen atoms in total. The summed E-state index contributed by atoms with van der Waals surface area (Å²) in [7, 11) is 1.65. The maximum Gasteiger partial charge on any atom is 0.224 e. The van der Waals surface area contributed by atoms with Gasteiger partial charge in [-0.3, -0.25) is 9.69 Å². The van der Waals surface area contributed by atoms with E-state index in [9.17, 15) is 4.79 Å². The quantitative estimate of drug-likeness (QED) is 0.612. The predicted octanol–water partition coefficient (Wildman–Crippen LogP) is 3.48. The Hall–Kier alpha value is -1.75. The molecule has 1 unspecified atom stereocenters. The van der Waals surface area contributed by atoms with E-state index in [1.165, 1.54) is 19.3 Å². The fraction of sp³-hybridized carbons (Fsp3) is 0.667. The number of carbonyl (C=O) groups excluding carboxylic acids is 1. The van der Waals surface area contributed by atoms with E-state index in [4.69, 9.17) is 9.47 Å². The van der Waals surface area contributed by atoms with Crippen molar-refractivity contribution in [3.63, 3.8) is 0 Å². The van der Waals surface area contributed by atoms with Crippen LogP contribution in [0.4, 0.5) is 0 Å². The Morgan fingerprint density at radius 2 is 2.04 bits per heavy atom. The van der Waals surface area contributed by atoms with Crippen LogP contribution in [0.15, 0.2) is 24.3 Å². The summed E-state index contributed by atoms with van der Waals surface area (Å²) in [6, 6.07) is 7.70. The number of para-hydroxylation sites is 2. The molecule has 1 heterocycles. The number of nitrogens with zero attached hydrogens (tertiary/aromatic N) is 1. The third kappa shape index (κ3) is 6.87. The highest BCUT2D eigenvalue weighted by molar-refractivity contribution is 5.78. The van der Waals surface area contributed by atoms with Crippen LogP contribution >= 0.6 is 0 Å². The lowest BCUT2D eigenvalue weighted by Crippen LogP contribution is -2.44. The van der Waals surface area contributed by atoms with Crippen LogP contribution in [0.1, 0.15) is 45.4 Å². The molecule has 1 aliphatic rings. The lowest BCUT2D eigenvalue weighted by Gasteiger charge is -2.31. The van der Waals surface area contributed by atoms with Gasteiger partial charge in [0, 0.05) is 19.6 Å². The second kappa shape index (κ2) is 11.8. The zero-order valence-corrected chi connectivity index (χ0v) is 16.3. The Morgan fingerprint density at radius 1 is 1.23 bits per heavy atom. The maximum absolute atomic E-state index is 12.4. The summed E-state index contributed by atoms with van der Waals surface area (Å²) in [5.41, 5.74) is 0. The highest BCUT2D eigenvalue weighted by Crippen LogP contribution is 2.25. The van der Waals surface area contributed by atoms with Gasteiger partial charge in [0.1, 0.15) is 6.61 Å². The van der Waals surface area contributed by atoms with Gasteiger partial charge >= 0.3 is 0 Å². The van der Waals surface area contributed by atoms with Gasteiger partial charge in [-0.05, 0) is 37.9 Å². The number of amides is 1. The van der Waals surface area contributed by atoms with Crippen LogP contribution in [-0.4, -0.2) is 50.7 Å². The van der Waals surface area contributed by atoms with Gasteiger partial charge in [0.25, 0.3) is 0 Å². The number of carbonyl (C=O) groups is 1. The van der Waals surface area contributed by atoms with Crippen LogP contribution in [-0.2, 0) is 4.79 Å². The highest BCUT2D eigenvalue weighted by atomic mass is 16.5.